The first kappa shape index (κ1) is 40.3. The van der Waals surface area contributed by atoms with Crippen molar-refractivity contribution in [2.75, 3.05) is 6.54 Å². The molecule has 3 heteroatoms. The summed E-state index contributed by atoms with van der Waals surface area (Å²) in [5, 5.41) is 8.51. The fourth-order valence-electron chi connectivity index (χ4n) is 5.04. The molecule has 0 rings (SSSR count). The molecule has 0 bridgehead atoms. The zero-order valence-corrected chi connectivity index (χ0v) is 27.0. The van der Waals surface area contributed by atoms with Crippen LogP contribution in [0.1, 0.15) is 206 Å². The number of carboxylic acid groups (broad SMARTS) is 1. The van der Waals surface area contributed by atoms with Crippen LogP contribution in [0.5, 0.6) is 0 Å². The third kappa shape index (κ3) is 44.4. The van der Waals surface area contributed by atoms with Gasteiger partial charge in [0.25, 0.3) is 0 Å². The Morgan fingerprint density at radius 1 is 0.462 bits per heavy atom. The number of hydrogen-bond acceptors (Lipinski definition) is 2. The van der Waals surface area contributed by atoms with Gasteiger partial charge in [0, 0.05) is 6.42 Å². The first-order chi connectivity index (χ1) is 19.2. The van der Waals surface area contributed by atoms with Gasteiger partial charge < -0.3 is 10.8 Å². The third-order valence-electron chi connectivity index (χ3n) is 7.71. The van der Waals surface area contributed by atoms with E-state index in [9.17, 15) is 4.79 Å². The quantitative estimate of drug-likeness (QED) is 0.0665. The normalized spacial score (nSPS) is 11.2. The minimum absolute atomic E-state index is 0.332. The van der Waals surface area contributed by atoms with Gasteiger partial charge in [-0.2, -0.15) is 0 Å². The Bertz CT molecular complexity index is 447. The van der Waals surface area contributed by atoms with Gasteiger partial charge in [0.2, 0.25) is 0 Å². The van der Waals surface area contributed by atoms with E-state index in [-0.39, 0.29) is 0 Å². The number of hydrogen-bond donors (Lipinski definition) is 2. The van der Waals surface area contributed by atoms with Gasteiger partial charge >= 0.3 is 5.97 Å². The number of aliphatic carboxylic acids is 1. The highest BCUT2D eigenvalue weighted by Crippen LogP contribution is 2.14. The Labute approximate surface area is 246 Å². The summed E-state index contributed by atoms with van der Waals surface area (Å²) in [7, 11) is 0. The number of carboxylic acids is 1. The van der Waals surface area contributed by atoms with Crippen LogP contribution in [0.25, 0.3) is 0 Å². The molecule has 3 N–H and O–H groups in total. The molecule has 0 unspecified atom stereocenters. The highest BCUT2D eigenvalue weighted by molar-refractivity contribution is 5.66. The molecule has 0 saturated heterocycles. The van der Waals surface area contributed by atoms with Crippen molar-refractivity contribution in [1.29, 1.82) is 0 Å². The lowest BCUT2D eigenvalue weighted by Gasteiger charge is -2.03. The predicted octanol–water partition coefficient (Wildman–Crippen LogP) is 12.3. The Kier molecular flexibility index (Phi) is 40.6. The molecule has 0 aromatic heterocycles. The zero-order valence-electron chi connectivity index (χ0n) is 27.0. The van der Waals surface area contributed by atoms with Crippen molar-refractivity contribution in [2.45, 2.75) is 206 Å². The van der Waals surface area contributed by atoms with Crippen LogP contribution in [0.15, 0.2) is 12.2 Å². The summed E-state index contributed by atoms with van der Waals surface area (Å²) in [6.07, 6.45) is 44.1. The van der Waals surface area contributed by atoms with Crippen molar-refractivity contribution in [3.8, 4) is 0 Å². The van der Waals surface area contributed by atoms with Crippen molar-refractivity contribution >= 4 is 5.97 Å². The molecule has 0 spiro atoms. The molecule has 0 aliphatic heterocycles. The van der Waals surface area contributed by atoms with E-state index in [1.807, 2.05) is 0 Å². The maximum Gasteiger partial charge on any atom is 0.303 e. The highest BCUT2D eigenvalue weighted by Gasteiger charge is 1.96. The first-order valence-corrected chi connectivity index (χ1v) is 17.8. The van der Waals surface area contributed by atoms with Crippen LogP contribution in [0.4, 0.5) is 0 Å². The molecule has 0 radical (unpaired) electrons. The SMILES string of the molecule is CCCCCCCCC=CCCCCCCCC(=O)O.CCCCCCCCCCCCCCCCCCN. The minimum Gasteiger partial charge on any atom is -0.481 e. The van der Waals surface area contributed by atoms with Gasteiger partial charge in [0.15, 0.2) is 0 Å². The van der Waals surface area contributed by atoms with Crippen LogP contribution in [0.2, 0.25) is 0 Å². The summed E-state index contributed by atoms with van der Waals surface area (Å²) in [6.45, 7) is 5.42. The standard InChI is InChI=1S/C18H39N.C18H34O2/c1-2-3-4-5-6-7-8-9-10-11-12-13-14-15-16-17-18-19;1-2-3-4-5-6-7-8-9-10-11-12-13-14-15-16-17-18(19)20/h2-19H2,1H3;9-10H,2-8,11-17H2,1H3,(H,19,20). The number of rotatable bonds is 31. The van der Waals surface area contributed by atoms with Crippen molar-refractivity contribution in [1.82, 2.24) is 0 Å². The van der Waals surface area contributed by atoms with E-state index < -0.39 is 5.97 Å². The molecule has 0 atom stereocenters. The molecule has 3 nitrogen and oxygen atoms in total. The number of carbonyl (C=O) groups is 1. The van der Waals surface area contributed by atoms with E-state index in [4.69, 9.17) is 10.8 Å². The molecule has 0 amide bonds. The molecular formula is C36H73NO2. The van der Waals surface area contributed by atoms with E-state index in [2.05, 4.69) is 26.0 Å². The summed E-state index contributed by atoms with van der Waals surface area (Å²) in [5.74, 6) is -0.664. The van der Waals surface area contributed by atoms with Crippen LogP contribution in [-0.2, 0) is 4.79 Å². The summed E-state index contributed by atoms with van der Waals surface area (Å²) in [6, 6.07) is 0. The van der Waals surface area contributed by atoms with E-state index in [0.29, 0.717) is 6.42 Å². The molecule has 0 aliphatic rings. The van der Waals surface area contributed by atoms with Gasteiger partial charge in [0.1, 0.15) is 0 Å². The maximum atomic E-state index is 10.3. The van der Waals surface area contributed by atoms with Gasteiger partial charge in [-0.15, -0.1) is 0 Å². The smallest absolute Gasteiger partial charge is 0.303 e. The first-order valence-electron chi connectivity index (χ1n) is 17.8. The number of unbranched alkanes of at least 4 members (excludes halogenated alkanes) is 26. The fourth-order valence-corrected chi connectivity index (χ4v) is 5.04. The predicted molar refractivity (Wildman–Crippen MR) is 176 cm³/mol. The Morgan fingerprint density at radius 2 is 0.744 bits per heavy atom. The largest absolute Gasteiger partial charge is 0.481 e. The van der Waals surface area contributed by atoms with Crippen LogP contribution >= 0.6 is 0 Å². The second kappa shape index (κ2) is 39.3. The Balaban J connectivity index is 0. The van der Waals surface area contributed by atoms with Crippen LogP contribution in [0, 0.1) is 0 Å². The number of allylic oxidation sites excluding steroid dienone is 2. The Morgan fingerprint density at radius 3 is 1.05 bits per heavy atom. The summed E-state index contributed by atoms with van der Waals surface area (Å²) >= 11 is 0. The van der Waals surface area contributed by atoms with E-state index in [0.717, 1.165) is 19.4 Å². The van der Waals surface area contributed by atoms with E-state index in [1.54, 1.807) is 0 Å². The molecule has 0 aliphatic carbocycles. The van der Waals surface area contributed by atoms with E-state index in [1.165, 1.54) is 173 Å². The van der Waals surface area contributed by atoms with Gasteiger partial charge in [-0.05, 0) is 45.1 Å². The molecule has 0 saturated carbocycles. The van der Waals surface area contributed by atoms with Gasteiger partial charge in [-0.3, -0.25) is 4.79 Å². The highest BCUT2D eigenvalue weighted by atomic mass is 16.4. The summed E-state index contributed by atoms with van der Waals surface area (Å²) < 4.78 is 0. The average molecular weight is 552 g/mol. The Hall–Kier alpha value is -0.830. The third-order valence-corrected chi connectivity index (χ3v) is 7.71. The van der Waals surface area contributed by atoms with Crippen LogP contribution in [0.3, 0.4) is 0 Å². The topological polar surface area (TPSA) is 63.3 Å². The second-order valence-electron chi connectivity index (χ2n) is 11.8. The van der Waals surface area contributed by atoms with Gasteiger partial charge in [0.05, 0.1) is 0 Å². The van der Waals surface area contributed by atoms with E-state index >= 15 is 0 Å². The van der Waals surface area contributed by atoms with Crippen molar-refractivity contribution in [2.24, 2.45) is 5.73 Å². The van der Waals surface area contributed by atoms with Crippen molar-refractivity contribution in [3.05, 3.63) is 12.2 Å². The zero-order chi connectivity index (χ0) is 28.9. The molecule has 0 fully saturated rings. The second-order valence-corrected chi connectivity index (χ2v) is 11.8. The maximum absolute atomic E-state index is 10.3. The van der Waals surface area contributed by atoms with Crippen molar-refractivity contribution < 1.29 is 9.90 Å². The lowest BCUT2D eigenvalue weighted by atomic mass is 10.0. The number of nitrogens with two attached hydrogens (primary N) is 1. The summed E-state index contributed by atoms with van der Waals surface area (Å²) in [5.41, 5.74) is 5.48. The van der Waals surface area contributed by atoms with Gasteiger partial charge in [-0.25, -0.2) is 0 Å². The van der Waals surface area contributed by atoms with Crippen LogP contribution < -0.4 is 5.73 Å². The fraction of sp³-hybridized carbons (Fsp3) is 0.917. The molecule has 0 aromatic rings. The molecule has 39 heavy (non-hydrogen) atoms. The molecule has 234 valence electrons. The van der Waals surface area contributed by atoms with Gasteiger partial charge in [-0.1, -0.05) is 174 Å². The molecule has 0 heterocycles. The minimum atomic E-state index is -0.664. The monoisotopic (exact) mass is 552 g/mol. The lowest BCUT2D eigenvalue weighted by Crippen LogP contribution is -1.97. The van der Waals surface area contributed by atoms with Crippen molar-refractivity contribution in [3.63, 3.8) is 0 Å². The average Bonchev–Trinajstić information content (AvgIpc) is 2.93. The molecular weight excluding hydrogens is 478 g/mol. The van der Waals surface area contributed by atoms with Crippen LogP contribution in [-0.4, -0.2) is 17.6 Å². The molecule has 0 aromatic carbocycles. The summed E-state index contributed by atoms with van der Waals surface area (Å²) in [4.78, 5) is 10.3. The lowest BCUT2D eigenvalue weighted by molar-refractivity contribution is -0.137.